The van der Waals surface area contributed by atoms with Gasteiger partial charge in [0.25, 0.3) is 0 Å². The second kappa shape index (κ2) is 4.50. The van der Waals surface area contributed by atoms with E-state index in [1.165, 1.54) is 0 Å². The molecule has 5 heteroatoms. The molecule has 11 heavy (non-hydrogen) atoms. The molecule has 0 radical (unpaired) electrons. The monoisotopic (exact) mass is 283 g/mol. The quantitative estimate of drug-likeness (QED) is 0.541. The molecule has 0 amide bonds. The average Bonchev–Trinajstić information content (AvgIpc) is 2.04. The Morgan fingerprint density at radius 3 is 2.91 bits per heavy atom. The number of hydrogen-bond donors (Lipinski definition) is 0. The zero-order chi connectivity index (χ0) is 8.27. The third-order valence-corrected chi connectivity index (χ3v) is 3.78. The van der Waals surface area contributed by atoms with Crippen LogP contribution in [0.25, 0.3) is 0 Å². The second-order valence-electron chi connectivity index (χ2n) is 2.60. The van der Waals surface area contributed by atoms with Crippen molar-refractivity contribution in [3.8, 4) is 6.07 Å². The van der Waals surface area contributed by atoms with Gasteiger partial charge in [0, 0.05) is 50.5 Å². The second-order valence-corrected chi connectivity index (χ2v) is 4.34. The summed E-state index contributed by atoms with van der Waals surface area (Å²) < 4.78 is 2.17. The maximum atomic E-state index is 8.66. The van der Waals surface area contributed by atoms with Crippen LogP contribution in [-0.2, 0) is 0 Å². The number of nitriles is 1. The largest absolute Gasteiger partial charge is 0.233 e. The minimum atomic E-state index is 0.222. The van der Waals surface area contributed by atoms with Crippen LogP contribution in [0.5, 0.6) is 0 Å². The molecular formula is C6H10IN3S. The predicted molar refractivity (Wildman–Crippen MR) is 54.7 cm³/mol. The van der Waals surface area contributed by atoms with Gasteiger partial charge in [-0.2, -0.15) is 9.68 Å². The van der Waals surface area contributed by atoms with E-state index in [0.29, 0.717) is 0 Å². The van der Waals surface area contributed by atoms with Crippen LogP contribution in [0, 0.1) is 17.2 Å². The number of nitrogens with zero attached hydrogens (tertiary/aromatic N) is 3. The molecule has 0 aromatic heterocycles. The van der Waals surface area contributed by atoms with Crippen molar-refractivity contribution < 1.29 is 0 Å². The smallest absolute Gasteiger partial charge is 0.0670 e. The van der Waals surface area contributed by atoms with Gasteiger partial charge in [0.05, 0.1) is 12.0 Å². The third-order valence-electron chi connectivity index (χ3n) is 1.80. The lowest BCUT2D eigenvalue weighted by atomic mass is 10.1. The minimum Gasteiger partial charge on any atom is -0.233 e. The molecule has 1 atom stereocenters. The summed E-state index contributed by atoms with van der Waals surface area (Å²) >= 11 is 2.26. The van der Waals surface area contributed by atoms with Crippen molar-refractivity contribution in [2.24, 2.45) is 5.92 Å². The van der Waals surface area contributed by atoms with Gasteiger partial charge in [-0.15, -0.1) is 0 Å². The van der Waals surface area contributed by atoms with E-state index in [1.54, 1.807) is 9.12 Å². The molecule has 1 fully saturated rings. The van der Waals surface area contributed by atoms with Crippen molar-refractivity contribution in [2.45, 2.75) is 6.42 Å². The molecule has 0 aliphatic carbocycles. The summed E-state index contributed by atoms with van der Waals surface area (Å²) in [7, 11) is 3.71. The SMILES string of the molecule is CN1CC(C#N)CCN1SI. The van der Waals surface area contributed by atoms with Gasteiger partial charge in [0.2, 0.25) is 0 Å². The van der Waals surface area contributed by atoms with Crippen molar-refractivity contribution in [2.75, 3.05) is 20.1 Å². The van der Waals surface area contributed by atoms with Crippen molar-refractivity contribution >= 4 is 30.3 Å². The zero-order valence-electron chi connectivity index (χ0n) is 6.33. The lowest BCUT2D eigenvalue weighted by molar-refractivity contribution is 0.0560. The Hall–Kier alpha value is 0.490. The summed E-state index contributed by atoms with van der Waals surface area (Å²) in [5.74, 6) is 0.222. The van der Waals surface area contributed by atoms with Crippen LogP contribution in [0.4, 0.5) is 0 Å². The summed E-state index contributed by atoms with van der Waals surface area (Å²) in [4.78, 5) is 0. The molecule has 0 spiro atoms. The van der Waals surface area contributed by atoms with Gasteiger partial charge in [-0.1, -0.05) is 0 Å². The van der Waals surface area contributed by atoms with Crippen molar-refractivity contribution in [1.82, 2.24) is 9.42 Å². The predicted octanol–water partition coefficient (Wildman–Crippen LogP) is 1.68. The van der Waals surface area contributed by atoms with Crippen molar-refractivity contribution in [1.29, 1.82) is 5.26 Å². The van der Waals surface area contributed by atoms with E-state index in [2.05, 4.69) is 36.7 Å². The van der Waals surface area contributed by atoms with E-state index < -0.39 is 0 Å². The topological polar surface area (TPSA) is 30.3 Å². The van der Waals surface area contributed by atoms with Crippen LogP contribution in [0.3, 0.4) is 0 Å². The molecule has 1 heterocycles. The van der Waals surface area contributed by atoms with Crippen LogP contribution in [0.1, 0.15) is 6.42 Å². The Bertz CT molecular complexity index is 170. The van der Waals surface area contributed by atoms with Crippen LogP contribution in [0.2, 0.25) is 0 Å². The van der Waals surface area contributed by atoms with E-state index >= 15 is 0 Å². The van der Waals surface area contributed by atoms with E-state index in [1.807, 2.05) is 7.05 Å². The molecule has 62 valence electrons. The van der Waals surface area contributed by atoms with Gasteiger partial charge in [-0.05, 0) is 6.42 Å². The first-order valence-corrected chi connectivity index (χ1v) is 6.76. The van der Waals surface area contributed by atoms with Gasteiger partial charge >= 0.3 is 0 Å². The fourth-order valence-corrected chi connectivity index (χ4v) is 2.97. The van der Waals surface area contributed by atoms with Crippen LogP contribution < -0.4 is 0 Å². The molecule has 0 saturated carbocycles. The van der Waals surface area contributed by atoms with Gasteiger partial charge in [0.15, 0.2) is 0 Å². The fourth-order valence-electron chi connectivity index (χ4n) is 1.13. The van der Waals surface area contributed by atoms with Gasteiger partial charge in [-0.25, -0.2) is 5.01 Å². The Kier molecular flexibility index (Phi) is 3.92. The maximum Gasteiger partial charge on any atom is 0.0670 e. The Labute approximate surface area is 83.4 Å². The van der Waals surface area contributed by atoms with Gasteiger partial charge < -0.3 is 0 Å². The highest BCUT2D eigenvalue weighted by Gasteiger charge is 2.22. The summed E-state index contributed by atoms with van der Waals surface area (Å²) in [5, 5.41) is 10.8. The van der Waals surface area contributed by atoms with Gasteiger partial charge in [-0.3, -0.25) is 0 Å². The summed E-state index contributed by atoms with van der Waals surface area (Å²) in [6.07, 6.45) is 0.997. The summed E-state index contributed by atoms with van der Waals surface area (Å²) in [6, 6.07) is 2.30. The lowest BCUT2D eigenvalue weighted by Crippen LogP contribution is -2.43. The number of hydrogen-bond acceptors (Lipinski definition) is 4. The van der Waals surface area contributed by atoms with Gasteiger partial charge in [0.1, 0.15) is 0 Å². The molecule has 0 aromatic rings. The molecule has 0 bridgehead atoms. The first-order chi connectivity index (χ1) is 5.27. The highest BCUT2D eigenvalue weighted by atomic mass is 127. The normalized spacial score (nSPS) is 28.3. The fraction of sp³-hybridized carbons (Fsp3) is 0.833. The van der Waals surface area contributed by atoms with E-state index in [4.69, 9.17) is 5.26 Å². The molecular weight excluding hydrogens is 273 g/mol. The molecule has 1 unspecified atom stereocenters. The minimum absolute atomic E-state index is 0.222. The standard InChI is InChI=1S/C6H10IN3S/c1-9-5-6(4-8)2-3-10(9)11-7/h6H,2-3,5H2,1H3. The molecule has 1 rings (SSSR count). The molecule has 3 nitrogen and oxygen atoms in total. The molecule has 1 saturated heterocycles. The highest BCUT2D eigenvalue weighted by molar-refractivity contribution is 14.2. The van der Waals surface area contributed by atoms with Crippen molar-refractivity contribution in [3.63, 3.8) is 0 Å². The van der Waals surface area contributed by atoms with E-state index in [-0.39, 0.29) is 5.92 Å². The Morgan fingerprint density at radius 2 is 2.45 bits per heavy atom. The highest BCUT2D eigenvalue weighted by Crippen LogP contribution is 2.25. The summed E-state index contributed by atoms with van der Waals surface area (Å²) in [6.45, 7) is 1.86. The number of rotatable bonds is 1. The molecule has 1 aliphatic rings. The summed E-state index contributed by atoms with van der Waals surface area (Å²) in [5.41, 5.74) is 0. The van der Waals surface area contributed by atoms with Crippen LogP contribution in [0.15, 0.2) is 0 Å². The number of halogens is 1. The zero-order valence-corrected chi connectivity index (χ0v) is 9.30. The number of hydrazine groups is 1. The van der Waals surface area contributed by atoms with E-state index in [0.717, 1.165) is 19.5 Å². The first kappa shape index (κ1) is 9.58. The Morgan fingerprint density at radius 1 is 1.73 bits per heavy atom. The van der Waals surface area contributed by atoms with E-state index in [9.17, 15) is 0 Å². The lowest BCUT2D eigenvalue weighted by Gasteiger charge is -2.34. The molecule has 0 aromatic carbocycles. The van der Waals surface area contributed by atoms with Crippen molar-refractivity contribution in [3.05, 3.63) is 0 Å². The van der Waals surface area contributed by atoms with Crippen LogP contribution >= 0.6 is 30.3 Å². The molecule has 1 aliphatic heterocycles. The maximum absolute atomic E-state index is 8.66. The molecule has 0 N–H and O–H groups in total. The van der Waals surface area contributed by atoms with Crippen LogP contribution in [-0.4, -0.2) is 29.6 Å². The average molecular weight is 283 g/mol. The Balaban J connectivity index is 2.42. The third kappa shape index (κ3) is 2.47. The first-order valence-electron chi connectivity index (χ1n) is 3.45.